The van der Waals surface area contributed by atoms with E-state index < -0.39 is 0 Å². The zero-order valence-electron chi connectivity index (χ0n) is 18.8. The molecule has 7 heteroatoms. The molecular weight excluding hydrogens is 404 g/mol. The topological polar surface area (TPSA) is 80.5 Å². The number of ether oxygens (including phenoxy) is 1. The van der Waals surface area contributed by atoms with Gasteiger partial charge in [0.25, 0.3) is 0 Å². The minimum atomic E-state index is 0.0599. The number of aromatic nitrogens is 2. The van der Waals surface area contributed by atoms with Gasteiger partial charge in [0.1, 0.15) is 0 Å². The molecule has 1 aromatic heterocycles. The van der Waals surface area contributed by atoms with E-state index in [2.05, 4.69) is 51.6 Å². The van der Waals surface area contributed by atoms with Crippen LogP contribution in [-0.2, 0) is 16.0 Å². The van der Waals surface area contributed by atoms with Crippen LogP contribution in [0.15, 0.2) is 46.9 Å². The van der Waals surface area contributed by atoms with Crippen LogP contribution in [0, 0.1) is 13.8 Å². The van der Waals surface area contributed by atoms with E-state index in [4.69, 9.17) is 9.15 Å². The van der Waals surface area contributed by atoms with Crippen LogP contribution in [0.3, 0.4) is 0 Å². The third kappa shape index (κ3) is 5.81. The lowest BCUT2D eigenvalue weighted by molar-refractivity contribution is -0.120. The van der Waals surface area contributed by atoms with Crippen molar-refractivity contribution in [2.24, 2.45) is 0 Å². The highest BCUT2D eigenvalue weighted by molar-refractivity contribution is 5.79. The Kier molecular flexibility index (Phi) is 7.29. The van der Waals surface area contributed by atoms with Crippen molar-refractivity contribution in [3.63, 3.8) is 0 Å². The second-order valence-corrected chi connectivity index (χ2v) is 8.19. The van der Waals surface area contributed by atoms with Gasteiger partial charge >= 0.3 is 0 Å². The number of nitrogens with one attached hydrogen (secondary N) is 1. The first-order chi connectivity index (χ1) is 15.6. The first-order valence-corrected chi connectivity index (χ1v) is 11.2. The molecule has 7 nitrogen and oxygen atoms in total. The highest BCUT2D eigenvalue weighted by Crippen LogP contribution is 2.29. The van der Waals surface area contributed by atoms with Gasteiger partial charge in [-0.3, -0.25) is 9.69 Å². The number of carbonyl (C=O) groups excluding carboxylic acids is 1. The van der Waals surface area contributed by atoms with E-state index >= 15 is 0 Å². The molecule has 0 bridgehead atoms. The molecule has 168 valence electrons. The van der Waals surface area contributed by atoms with Gasteiger partial charge in [0.2, 0.25) is 17.7 Å². The first kappa shape index (κ1) is 22.2. The molecule has 1 N–H and O–H groups in total. The number of hydrogen-bond acceptors (Lipinski definition) is 6. The van der Waals surface area contributed by atoms with Crippen molar-refractivity contribution >= 4 is 5.91 Å². The molecule has 3 aromatic rings. The summed E-state index contributed by atoms with van der Waals surface area (Å²) in [5, 5.41) is 11.1. The van der Waals surface area contributed by atoms with Crippen molar-refractivity contribution in [1.82, 2.24) is 20.4 Å². The zero-order chi connectivity index (χ0) is 22.3. The Morgan fingerprint density at radius 1 is 1.03 bits per heavy atom. The van der Waals surface area contributed by atoms with Gasteiger partial charge in [0, 0.05) is 32.1 Å². The number of rotatable bonds is 8. The van der Waals surface area contributed by atoms with Crippen molar-refractivity contribution in [3.8, 4) is 22.6 Å². The molecule has 0 spiro atoms. The lowest BCUT2D eigenvalue weighted by atomic mass is 9.96. The van der Waals surface area contributed by atoms with Gasteiger partial charge in [-0.05, 0) is 54.3 Å². The summed E-state index contributed by atoms with van der Waals surface area (Å²) in [5.41, 5.74) is 5.26. The third-order valence-corrected chi connectivity index (χ3v) is 5.72. The predicted octanol–water partition coefficient (Wildman–Crippen LogP) is 3.40. The number of nitrogens with zero attached hydrogens (tertiary/aromatic N) is 3. The molecule has 2 aromatic carbocycles. The lowest BCUT2D eigenvalue weighted by Crippen LogP contribution is -2.38. The van der Waals surface area contributed by atoms with Gasteiger partial charge in [-0.2, -0.15) is 0 Å². The molecule has 0 saturated carbocycles. The van der Waals surface area contributed by atoms with E-state index in [-0.39, 0.29) is 5.91 Å². The molecule has 4 rings (SSSR count). The summed E-state index contributed by atoms with van der Waals surface area (Å²) in [6.45, 7) is 9.15. The Morgan fingerprint density at radius 2 is 1.78 bits per heavy atom. The van der Waals surface area contributed by atoms with Crippen LogP contribution in [0.25, 0.3) is 22.6 Å². The number of morpholine rings is 1. The third-order valence-electron chi connectivity index (χ3n) is 5.72. The minimum absolute atomic E-state index is 0.0599. The highest BCUT2D eigenvalue weighted by Gasteiger charge is 2.11. The molecule has 1 saturated heterocycles. The molecular formula is C25H30N4O3. The molecule has 0 atom stereocenters. The van der Waals surface area contributed by atoms with Crippen molar-refractivity contribution in [2.75, 3.05) is 39.4 Å². The van der Waals surface area contributed by atoms with Gasteiger partial charge in [0.15, 0.2) is 0 Å². The van der Waals surface area contributed by atoms with E-state index in [1.54, 1.807) is 6.92 Å². The molecule has 2 heterocycles. The number of benzene rings is 2. The van der Waals surface area contributed by atoms with Crippen LogP contribution >= 0.6 is 0 Å². The fourth-order valence-electron chi connectivity index (χ4n) is 3.88. The maximum atomic E-state index is 12.3. The fourth-order valence-corrected chi connectivity index (χ4v) is 3.88. The maximum absolute atomic E-state index is 12.3. The quantitative estimate of drug-likeness (QED) is 0.548. The maximum Gasteiger partial charge on any atom is 0.247 e. The van der Waals surface area contributed by atoms with E-state index in [0.717, 1.165) is 67.1 Å². The van der Waals surface area contributed by atoms with Crippen LogP contribution in [0.2, 0.25) is 0 Å². The van der Waals surface area contributed by atoms with E-state index in [1.807, 2.05) is 18.2 Å². The highest BCUT2D eigenvalue weighted by atomic mass is 16.5. The zero-order valence-corrected chi connectivity index (χ0v) is 18.8. The number of carbonyl (C=O) groups is 1. The summed E-state index contributed by atoms with van der Waals surface area (Å²) in [5.74, 6) is 1.13. The Hall–Kier alpha value is -3.03. The molecule has 1 amide bonds. The van der Waals surface area contributed by atoms with Gasteiger partial charge in [-0.25, -0.2) is 0 Å². The Bertz CT molecular complexity index is 1040. The van der Waals surface area contributed by atoms with Crippen molar-refractivity contribution < 1.29 is 13.9 Å². The smallest absolute Gasteiger partial charge is 0.247 e. The second kappa shape index (κ2) is 10.5. The van der Waals surface area contributed by atoms with Crippen LogP contribution in [0.1, 0.15) is 23.4 Å². The fraction of sp³-hybridized carbons (Fsp3) is 0.400. The van der Waals surface area contributed by atoms with Crippen LogP contribution in [0.5, 0.6) is 0 Å². The molecule has 1 aliphatic heterocycles. The summed E-state index contributed by atoms with van der Waals surface area (Å²) >= 11 is 0. The summed E-state index contributed by atoms with van der Waals surface area (Å²) < 4.78 is 10.9. The van der Waals surface area contributed by atoms with Crippen molar-refractivity contribution in [2.45, 2.75) is 26.7 Å². The Balaban J connectivity index is 1.31. The summed E-state index contributed by atoms with van der Waals surface area (Å²) in [7, 11) is 0. The average Bonchev–Trinajstić information content (AvgIpc) is 3.25. The van der Waals surface area contributed by atoms with Gasteiger partial charge in [0.05, 0.1) is 19.6 Å². The number of aryl methyl sites for hydroxylation is 2. The lowest BCUT2D eigenvalue weighted by Gasteiger charge is -2.26. The van der Waals surface area contributed by atoms with Gasteiger partial charge in [-0.1, -0.05) is 30.3 Å². The normalized spacial score (nSPS) is 14.4. The molecule has 0 unspecified atom stereocenters. The molecule has 32 heavy (non-hydrogen) atoms. The summed E-state index contributed by atoms with van der Waals surface area (Å²) in [6, 6.07) is 14.3. The van der Waals surface area contributed by atoms with Gasteiger partial charge in [-0.15, -0.1) is 10.2 Å². The van der Waals surface area contributed by atoms with Crippen LogP contribution in [0.4, 0.5) is 0 Å². The first-order valence-electron chi connectivity index (χ1n) is 11.2. The monoisotopic (exact) mass is 434 g/mol. The standard InChI is InChI=1S/C25H30N4O3/c1-18-4-7-22(25-28-27-19(2)32-25)17-23(18)21-8-5-20(6-9-21)16-24(30)26-10-3-11-29-12-14-31-15-13-29/h4-9,17H,3,10-16H2,1-2H3,(H,26,30). The number of hydrogen-bond donors (Lipinski definition) is 1. The minimum Gasteiger partial charge on any atom is -0.421 e. The van der Waals surface area contributed by atoms with Gasteiger partial charge < -0.3 is 14.5 Å². The summed E-state index contributed by atoms with van der Waals surface area (Å²) in [4.78, 5) is 14.7. The van der Waals surface area contributed by atoms with Crippen molar-refractivity contribution in [1.29, 1.82) is 0 Å². The predicted molar refractivity (Wildman–Crippen MR) is 123 cm³/mol. The number of amides is 1. The average molecular weight is 435 g/mol. The van der Waals surface area contributed by atoms with Crippen LogP contribution < -0.4 is 5.32 Å². The van der Waals surface area contributed by atoms with Crippen molar-refractivity contribution in [3.05, 3.63) is 59.5 Å². The van der Waals surface area contributed by atoms with E-state index in [1.165, 1.54) is 0 Å². The SMILES string of the molecule is Cc1nnc(-c2ccc(C)c(-c3ccc(CC(=O)NCCCN4CCOCC4)cc3)c2)o1. The largest absolute Gasteiger partial charge is 0.421 e. The van der Waals surface area contributed by atoms with E-state index in [9.17, 15) is 4.79 Å². The van der Waals surface area contributed by atoms with E-state index in [0.29, 0.717) is 24.7 Å². The van der Waals surface area contributed by atoms with Crippen LogP contribution in [-0.4, -0.2) is 60.4 Å². The Morgan fingerprint density at radius 3 is 2.50 bits per heavy atom. The molecule has 0 radical (unpaired) electrons. The molecule has 1 aliphatic rings. The molecule has 0 aliphatic carbocycles. The Labute approximate surface area is 188 Å². The summed E-state index contributed by atoms with van der Waals surface area (Å²) in [6.07, 6.45) is 1.35. The second-order valence-electron chi connectivity index (χ2n) is 8.19. The molecule has 1 fully saturated rings.